The van der Waals surface area contributed by atoms with E-state index in [4.69, 9.17) is 4.74 Å². The topological polar surface area (TPSA) is 76.4 Å². The van der Waals surface area contributed by atoms with Gasteiger partial charge in [-0.1, -0.05) is 0 Å². The lowest BCUT2D eigenvalue weighted by Crippen LogP contribution is -2.23. The SMILES string of the molecule is COC1Nc2ccc([N+](=O)[O-])cc2N1. The van der Waals surface area contributed by atoms with Crippen molar-refractivity contribution < 1.29 is 9.66 Å². The standard InChI is InChI=1S/C8H9N3O3/c1-14-8-9-6-3-2-5(11(12)13)4-7(6)10-8/h2-4,8-10H,1H3. The Hall–Kier alpha value is -1.82. The predicted octanol–water partition coefficient (Wildman–Crippen LogP) is 1.36. The summed E-state index contributed by atoms with van der Waals surface area (Å²) in [4.78, 5) is 10.0. The molecule has 6 nitrogen and oxygen atoms in total. The Morgan fingerprint density at radius 1 is 1.43 bits per heavy atom. The van der Waals surface area contributed by atoms with E-state index in [1.165, 1.54) is 12.1 Å². The maximum atomic E-state index is 10.5. The highest BCUT2D eigenvalue weighted by Gasteiger charge is 2.20. The van der Waals surface area contributed by atoms with Gasteiger partial charge in [0.25, 0.3) is 5.69 Å². The van der Waals surface area contributed by atoms with Crippen molar-refractivity contribution in [2.75, 3.05) is 17.7 Å². The zero-order valence-electron chi connectivity index (χ0n) is 7.48. The first-order valence-corrected chi connectivity index (χ1v) is 4.05. The Balaban J connectivity index is 2.31. The smallest absolute Gasteiger partial charge is 0.271 e. The number of nitrogens with zero attached hydrogens (tertiary/aromatic N) is 1. The number of methoxy groups -OCH3 is 1. The lowest BCUT2D eigenvalue weighted by atomic mass is 10.2. The van der Waals surface area contributed by atoms with Gasteiger partial charge in [-0.3, -0.25) is 10.1 Å². The number of nitro groups is 1. The molecule has 0 fully saturated rings. The molecule has 0 spiro atoms. The fourth-order valence-electron chi connectivity index (χ4n) is 1.33. The molecule has 0 aliphatic carbocycles. The highest BCUT2D eigenvalue weighted by Crippen LogP contribution is 2.32. The molecular weight excluding hydrogens is 186 g/mol. The summed E-state index contributed by atoms with van der Waals surface area (Å²) in [5.74, 6) is 0. The number of rotatable bonds is 2. The molecule has 0 bridgehead atoms. The minimum atomic E-state index is -0.428. The minimum Gasteiger partial charge on any atom is -0.344 e. The number of nitro benzene ring substituents is 1. The van der Waals surface area contributed by atoms with Crippen LogP contribution in [0.5, 0.6) is 0 Å². The lowest BCUT2D eigenvalue weighted by molar-refractivity contribution is -0.384. The van der Waals surface area contributed by atoms with Gasteiger partial charge in [-0.05, 0) is 6.07 Å². The number of hydrogen-bond donors (Lipinski definition) is 2. The van der Waals surface area contributed by atoms with E-state index in [9.17, 15) is 10.1 Å². The van der Waals surface area contributed by atoms with Crippen molar-refractivity contribution in [1.82, 2.24) is 0 Å². The number of nitrogens with one attached hydrogen (secondary N) is 2. The third kappa shape index (κ3) is 1.35. The van der Waals surface area contributed by atoms with Gasteiger partial charge >= 0.3 is 0 Å². The average molecular weight is 195 g/mol. The first kappa shape index (κ1) is 8.76. The van der Waals surface area contributed by atoms with E-state index in [-0.39, 0.29) is 12.0 Å². The number of fused-ring (bicyclic) bond motifs is 1. The summed E-state index contributed by atoms with van der Waals surface area (Å²) in [6.45, 7) is 0. The van der Waals surface area contributed by atoms with E-state index in [1.54, 1.807) is 13.2 Å². The summed E-state index contributed by atoms with van der Waals surface area (Å²) in [6.07, 6.45) is -0.313. The molecule has 1 unspecified atom stereocenters. The van der Waals surface area contributed by atoms with E-state index >= 15 is 0 Å². The van der Waals surface area contributed by atoms with Crippen LogP contribution in [-0.2, 0) is 4.74 Å². The van der Waals surface area contributed by atoms with Crippen LogP contribution in [0.4, 0.5) is 17.1 Å². The minimum absolute atomic E-state index is 0.0646. The van der Waals surface area contributed by atoms with Crippen LogP contribution in [0.15, 0.2) is 18.2 Å². The zero-order valence-corrected chi connectivity index (χ0v) is 7.48. The van der Waals surface area contributed by atoms with Gasteiger partial charge in [0.05, 0.1) is 16.3 Å². The van der Waals surface area contributed by atoms with Crippen LogP contribution >= 0.6 is 0 Å². The van der Waals surface area contributed by atoms with Gasteiger partial charge in [-0.15, -0.1) is 0 Å². The molecule has 0 amide bonds. The Kier molecular flexibility index (Phi) is 1.97. The monoisotopic (exact) mass is 195 g/mol. The summed E-state index contributed by atoms with van der Waals surface area (Å²) in [7, 11) is 1.55. The normalized spacial score (nSPS) is 18.2. The molecule has 1 atom stereocenters. The molecule has 0 radical (unpaired) electrons. The third-order valence-corrected chi connectivity index (χ3v) is 2.02. The van der Waals surface area contributed by atoms with Crippen molar-refractivity contribution in [2.24, 2.45) is 0 Å². The average Bonchev–Trinajstić information content (AvgIpc) is 2.58. The number of ether oxygens (including phenoxy) is 1. The Labute approximate surface area is 80.0 Å². The summed E-state index contributed by atoms with van der Waals surface area (Å²) in [5.41, 5.74) is 1.56. The number of anilines is 2. The highest BCUT2D eigenvalue weighted by atomic mass is 16.6. The Morgan fingerprint density at radius 3 is 2.79 bits per heavy atom. The van der Waals surface area contributed by atoms with Gasteiger partial charge in [-0.2, -0.15) is 0 Å². The largest absolute Gasteiger partial charge is 0.344 e. The fraction of sp³-hybridized carbons (Fsp3) is 0.250. The van der Waals surface area contributed by atoms with Gasteiger partial charge in [0.1, 0.15) is 0 Å². The molecule has 6 heteroatoms. The molecule has 2 N–H and O–H groups in total. The summed E-state index contributed by atoms with van der Waals surface area (Å²) < 4.78 is 5.00. The van der Waals surface area contributed by atoms with Crippen molar-refractivity contribution in [2.45, 2.75) is 6.35 Å². The molecule has 1 aromatic carbocycles. The van der Waals surface area contributed by atoms with Crippen LogP contribution in [0.2, 0.25) is 0 Å². The quantitative estimate of drug-likeness (QED) is 0.550. The van der Waals surface area contributed by atoms with Crippen molar-refractivity contribution in [3.05, 3.63) is 28.3 Å². The molecule has 2 rings (SSSR count). The molecule has 1 aliphatic rings. The van der Waals surface area contributed by atoms with Gasteiger partial charge in [0.2, 0.25) is 6.35 Å². The highest BCUT2D eigenvalue weighted by molar-refractivity contribution is 5.76. The summed E-state index contributed by atoms with van der Waals surface area (Å²) in [6, 6.07) is 4.58. The van der Waals surface area contributed by atoms with Crippen molar-refractivity contribution in [1.29, 1.82) is 0 Å². The van der Waals surface area contributed by atoms with Crippen LogP contribution in [0, 0.1) is 10.1 Å². The molecule has 1 aromatic rings. The van der Waals surface area contributed by atoms with Gasteiger partial charge in [0, 0.05) is 19.2 Å². The third-order valence-electron chi connectivity index (χ3n) is 2.02. The molecule has 74 valence electrons. The van der Waals surface area contributed by atoms with Crippen molar-refractivity contribution in [3.63, 3.8) is 0 Å². The molecule has 14 heavy (non-hydrogen) atoms. The van der Waals surface area contributed by atoms with E-state index in [0.29, 0.717) is 5.69 Å². The van der Waals surface area contributed by atoms with E-state index in [0.717, 1.165) is 5.69 Å². The van der Waals surface area contributed by atoms with Crippen LogP contribution in [0.25, 0.3) is 0 Å². The van der Waals surface area contributed by atoms with Crippen LogP contribution in [-0.4, -0.2) is 18.4 Å². The second kappa shape index (κ2) is 3.15. The van der Waals surface area contributed by atoms with E-state index in [1.807, 2.05) is 0 Å². The molecular formula is C8H9N3O3. The molecule has 1 aliphatic heterocycles. The molecule has 0 aromatic heterocycles. The Morgan fingerprint density at radius 2 is 2.14 bits per heavy atom. The lowest BCUT2D eigenvalue weighted by Gasteiger charge is -2.07. The first-order valence-electron chi connectivity index (χ1n) is 4.05. The van der Waals surface area contributed by atoms with Crippen molar-refractivity contribution in [3.8, 4) is 0 Å². The van der Waals surface area contributed by atoms with E-state index < -0.39 is 4.92 Å². The zero-order chi connectivity index (χ0) is 10.1. The predicted molar refractivity (Wildman–Crippen MR) is 51.1 cm³/mol. The van der Waals surface area contributed by atoms with Crippen LogP contribution in [0.1, 0.15) is 0 Å². The fourth-order valence-corrected chi connectivity index (χ4v) is 1.33. The van der Waals surface area contributed by atoms with Gasteiger partial charge < -0.3 is 15.4 Å². The maximum Gasteiger partial charge on any atom is 0.271 e. The van der Waals surface area contributed by atoms with E-state index in [2.05, 4.69) is 10.6 Å². The van der Waals surface area contributed by atoms with Gasteiger partial charge in [0.15, 0.2) is 0 Å². The number of non-ortho nitro benzene ring substituents is 1. The van der Waals surface area contributed by atoms with Gasteiger partial charge in [-0.25, -0.2) is 0 Å². The van der Waals surface area contributed by atoms with Crippen LogP contribution in [0.3, 0.4) is 0 Å². The maximum absolute atomic E-state index is 10.5. The molecule has 1 heterocycles. The second-order valence-electron chi connectivity index (χ2n) is 2.89. The summed E-state index contributed by atoms with van der Waals surface area (Å²) >= 11 is 0. The summed E-state index contributed by atoms with van der Waals surface area (Å²) in [5, 5.41) is 16.4. The Bertz CT molecular complexity index is 380. The number of hydrogen-bond acceptors (Lipinski definition) is 5. The molecule has 0 saturated heterocycles. The van der Waals surface area contributed by atoms with Crippen LogP contribution < -0.4 is 10.6 Å². The molecule has 0 saturated carbocycles. The first-order chi connectivity index (χ1) is 6.70. The van der Waals surface area contributed by atoms with Crippen molar-refractivity contribution >= 4 is 17.1 Å². The second-order valence-corrected chi connectivity index (χ2v) is 2.89. The number of benzene rings is 1.